The number of nitrogens with one attached hydrogen (secondary N) is 1. The molecule has 0 saturated carbocycles. The maximum atomic E-state index is 12.3. The summed E-state index contributed by atoms with van der Waals surface area (Å²) in [5, 5.41) is 16.1. The van der Waals surface area contributed by atoms with Crippen molar-refractivity contribution < 1.29 is 9.90 Å². The van der Waals surface area contributed by atoms with Crippen molar-refractivity contribution in [3.63, 3.8) is 0 Å². The summed E-state index contributed by atoms with van der Waals surface area (Å²) in [7, 11) is 0. The van der Waals surface area contributed by atoms with Crippen LogP contribution < -0.4 is 10.9 Å². The second-order valence-corrected chi connectivity index (χ2v) is 5.73. The lowest BCUT2D eigenvalue weighted by Gasteiger charge is -2.10. The van der Waals surface area contributed by atoms with E-state index in [2.05, 4.69) is 10.4 Å². The lowest BCUT2D eigenvalue weighted by molar-refractivity contribution is -0.137. The average molecular weight is 356 g/mol. The number of carbonyl (C=O) groups is 1. The molecule has 0 bridgehead atoms. The molecular weight excluding hydrogens is 341 g/mol. The Kier molecular flexibility index (Phi) is 5.63. The number of hydrogen-bond acceptors (Lipinski definition) is 4. The van der Waals surface area contributed by atoms with Gasteiger partial charge in [-0.1, -0.05) is 29.3 Å². The molecule has 0 atom stereocenters. The third-order valence-electron chi connectivity index (χ3n) is 3.20. The lowest BCUT2D eigenvalue weighted by Crippen LogP contribution is -2.23. The molecule has 122 valence electrons. The molecule has 0 aliphatic rings. The fourth-order valence-electron chi connectivity index (χ4n) is 1.92. The van der Waals surface area contributed by atoms with E-state index in [-0.39, 0.29) is 11.4 Å². The van der Waals surface area contributed by atoms with Crippen LogP contribution in [0.25, 0.3) is 5.69 Å². The molecule has 0 spiro atoms. The molecule has 0 amide bonds. The summed E-state index contributed by atoms with van der Waals surface area (Å²) in [6.07, 6.45) is 1.89. The van der Waals surface area contributed by atoms with Crippen LogP contribution in [0.2, 0.25) is 10.0 Å². The number of hydrogen-bond donors (Lipinski definition) is 2. The van der Waals surface area contributed by atoms with Gasteiger partial charge < -0.3 is 10.4 Å². The zero-order valence-electron chi connectivity index (χ0n) is 12.3. The van der Waals surface area contributed by atoms with Gasteiger partial charge in [-0.15, -0.1) is 0 Å². The maximum absolute atomic E-state index is 12.3. The highest BCUT2D eigenvalue weighted by molar-refractivity contribution is 6.33. The second kappa shape index (κ2) is 7.48. The van der Waals surface area contributed by atoms with Crippen molar-refractivity contribution in [3.8, 4) is 5.69 Å². The van der Waals surface area contributed by atoms with Gasteiger partial charge in [0.1, 0.15) is 5.02 Å². The molecule has 0 fully saturated rings. The van der Waals surface area contributed by atoms with E-state index in [1.54, 1.807) is 18.2 Å². The summed E-state index contributed by atoms with van der Waals surface area (Å²) < 4.78 is 1.16. The molecule has 0 saturated heterocycles. The highest BCUT2D eigenvalue weighted by atomic mass is 35.5. The predicted molar refractivity (Wildman–Crippen MR) is 90.0 cm³/mol. The number of aliphatic carboxylic acids is 1. The number of halogens is 2. The van der Waals surface area contributed by atoms with Gasteiger partial charge in [0.15, 0.2) is 0 Å². The lowest BCUT2D eigenvalue weighted by atomic mass is 10.2. The number of anilines is 1. The summed E-state index contributed by atoms with van der Waals surface area (Å²) in [5.74, 6) is -0.873. The van der Waals surface area contributed by atoms with E-state index in [1.807, 2.05) is 6.92 Å². The minimum Gasteiger partial charge on any atom is -0.481 e. The summed E-state index contributed by atoms with van der Waals surface area (Å²) in [5.41, 5.74) is 1.31. The molecular formula is C15H15Cl2N3O3. The minimum atomic E-state index is -0.873. The molecule has 0 aliphatic heterocycles. The standard InChI is InChI=1S/C15H15Cl2N3O3/c1-9-4-5-10(7-11(9)16)20-15(23)14(17)12(8-19-20)18-6-2-3-13(21)22/h4-5,7-8,18H,2-3,6H2,1H3,(H,21,22). The van der Waals surface area contributed by atoms with Crippen LogP contribution in [0.4, 0.5) is 5.69 Å². The topological polar surface area (TPSA) is 84.2 Å². The predicted octanol–water partition coefficient (Wildman–Crippen LogP) is 3.12. The van der Waals surface area contributed by atoms with Crippen molar-refractivity contribution in [2.75, 3.05) is 11.9 Å². The summed E-state index contributed by atoms with van der Waals surface area (Å²) in [4.78, 5) is 22.8. The highest BCUT2D eigenvalue weighted by Gasteiger charge is 2.11. The van der Waals surface area contributed by atoms with E-state index in [0.29, 0.717) is 29.4 Å². The Morgan fingerprint density at radius 2 is 2.13 bits per heavy atom. The van der Waals surface area contributed by atoms with Gasteiger partial charge in [0, 0.05) is 18.0 Å². The van der Waals surface area contributed by atoms with Gasteiger partial charge in [-0.3, -0.25) is 9.59 Å². The molecule has 2 N–H and O–H groups in total. The van der Waals surface area contributed by atoms with E-state index < -0.39 is 11.5 Å². The molecule has 1 aromatic carbocycles. The average Bonchev–Trinajstić information content (AvgIpc) is 2.50. The molecule has 23 heavy (non-hydrogen) atoms. The Bertz CT molecular complexity index is 790. The molecule has 2 rings (SSSR count). The van der Waals surface area contributed by atoms with Crippen molar-refractivity contribution in [1.82, 2.24) is 9.78 Å². The van der Waals surface area contributed by atoms with Crippen LogP contribution in [0.5, 0.6) is 0 Å². The summed E-state index contributed by atoms with van der Waals surface area (Å²) in [6, 6.07) is 5.16. The summed E-state index contributed by atoms with van der Waals surface area (Å²) >= 11 is 12.1. The third-order valence-corrected chi connectivity index (χ3v) is 3.97. The van der Waals surface area contributed by atoms with Crippen molar-refractivity contribution in [2.45, 2.75) is 19.8 Å². The molecule has 0 aliphatic carbocycles. The maximum Gasteiger partial charge on any atom is 0.303 e. The fraction of sp³-hybridized carbons (Fsp3) is 0.267. The summed E-state index contributed by atoms with van der Waals surface area (Å²) in [6.45, 7) is 2.24. The second-order valence-electron chi connectivity index (χ2n) is 4.95. The number of aromatic nitrogens is 2. The molecule has 8 heteroatoms. The first kappa shape index (κ1) is 17.3. The monoisotopic (exact) mass is 355 g/mol. The Labute approximate surface area is 142 Å². The highest BCUT2D eigenvalue weighted by Crippen LogP contribution is 2.20. The van der Waals surface area contributed by atoms with Gasteiger partial charge in [-0.25, -0.2) is 0 Å². The van der Waals surface area contributed by atoms with Crippen LogP contribution in [0, 0.1) is 6.92 Å². The number of nitrogens with zero attached hydrogens (tertiary/aromatic N) is 2. The Hall–Kier alpha value is -2.05. The van der Waals surface area contributed by atoms with Gasteiger partial charge in [0.25, 0.3) is 5.56 Å². The quantitative estimate of drug-likeness (QED) is 0.777. The van der Waals surface area contributed by atoms with Crippen LogP contribution in [0.15, 0.2) is 29.2 Å². The van der Waals surface area contributed by atoms with E-state index in [1.165, 1.54) is 6.20 Å². The molecule has 1 aromatic heterocycles. The number of rotatable bonds is 6. The van der Waals surface area contributed by atoms with Crippen LogP contribution in [-0.4, -0.2) is 27.4 Å². The van der Waals surface area contributed by atoms with Gasteiger partial charge in [0.05, 0.1) is 17.6 Å². The SMILES string of the molecule is Cc1ccc(-n2ncc(NCCCC(=O)O)c(Cl)c2=O)cc1Cl. The molecule has 0 unspecified atom stereocenters. The normalized spacial score (nSPS) is 10.6. The molecule has 6 nitrogen and oxygen atoms in total. The van der Waals surface area contributed by atoms with Crippen molar-refractivity contribution in [2.24, 2.45) is 0 Å². The first-order chi connectivity index (χ1) is 10.9. The smallest absolute Gasteiger partial charge is 0.303 e. The van der Waals surface area contributed by atoms with E-state index >= 15 is 0 Å². The first-order valence-corrected chi connectivity index (χ1v) is 7.65. The first-order valence-electron chi connectivity index (χ1n) is 6.90. The van der Waals surface area contributed by atoms with Crippen molar-refractivity contribution in [3.05, 3.63) is 50.4 Å². The number of carboxylic acids is 1. The number of aryl methyl sites for hydroxylation is 1. The largest absolute Gasteiger partial charge is 0.481 e. The van der Waals surface area contributed by atoms with Gasteiger partial charge in [0.2, 0.25) is 0 Å². The fourth-order valence-corrected chi connectivity index (χ4v) is 2.29. The van der Waals surface area contributed by atoms with Crippen molar-refractivity contribution >= 4 is 34.9 Å². The van der Waals surface area contributed by atoms with Gasteiger partial charge in [-0.2, -0.15) is 9.78 Å². The van der Waals surface area contributed by atoms with Crippen LogP contribution in [-0.2, 0) is 4.79 Å². The molecule has 1 heterocycles. The van der Waals surface area contributed by atoms with Crippen LogP contribution in [0.1, 0.15) is 18.4 Å². The number of carboxylic acid groups (broad SMARTS) is 1. The van der Waals surface area contributed by atoms with Crippen molar-refractivity contribution in [1.29, 1.82) is 0 Å². The zero-order valence-corrected chi connectivity index (χ0v) is 13.9. The van der Waals surface area contributed by atoms with E-state index in [4.69, 9.17) is 28.3 Å². The number of benzene rings is 1. The zero-order chi connectivity index (χ0) is 17.0. The Morgan fingerprint density at radius 3 is 2.78 bits per heavy atom. The van der Waals surface area contributed by atoms with E-state index in [9.17, 15) is 9.59 Å². The molecule has 2 aromatic rings. The Balaban J connectivity index is 2.21. The minimum absolute atomic E-state index is 0.00739. The Morgan fingerprint density at radius 1 is 1.39 bits per heavy atom. The van der Waals surface area contributed by atoms with Crippen LogP contribution in [0.3, 0.4) is 0 Å². The van der Waals surface area contributed by atoms with Gasteiger partial charge >= 0.3 is 5.97 Å². The van der Waals surface area contributed by atoms with E-state index in [0.717, 1.165) is 10.2 Å². The molecule has 0 radical (unpaired) electrons. The van der Waals surface area contributed by atoms with Gasteiger partial charge in [-0.05, 0) is 31.0 Å². The third kappa shape index (κ3) is 4.24. The van der Waals surface area contributed by atoms with Crippen LogP contribution >= 0.6 is 23.2 Å².